The lowest BCUT2D eigenvalue weighted by Crippen LogP contribution is -2.38. The van der Waals surface area contributed by atoms with Crippen molar-refractivity contribution in [3.8, 4) is 5.75 Å². The first kappa shape index (κ1) is 28.7. The van der Waals surface area contributed by atoms with Crippen molar-refractivity contribution < 1.29 is 9.53 Å². The average molecular weight is 487 g/mol. The maximum absolute atomic E-state index is 11.9. The van der Waals surface area contributed by atoms with Crippen molar-refractivity contribution in [2.75, 3.05) is 12.5 Å². The van der Waals surface area contributed by atoms with E-state index in [4.69, 9.17) is 16.3 Å². The Kier molecular flexibility index (Phi) is 11.9. The Labute approximate surface area is 213 Å². The third-order valence-electron chi connectivity index (χ3n) is 8.02. The molecule has 0 amide bonds. The van der Waals surface area contributed by atoms with E-state index in [1.807, 2.05) is 36.4 Å². The van der Waals surface area contributed by atoms with E-state index in [1.54, 1.807) is 0 Å². The molecule has 0 heterocycles. The van der Waals surface area contributed by atoms with Crippen LogP contribution >= 0.6 is 11.6 Å². The highest BCUT2D eigenvalue weighted by Crippen LogP contribution is 2.47. The van der Waals surface area contributed by atoms with Gasteiger partial charge in [0.05, 0.1) is 12.5 Å². The van der Waals surface area contributed by atoms with Crippen molar-refractivity contribution in [2.45, 2.75) is 92.9 Å². The maximum Gasteiger partial charge on any atom is 0.177 e. The summed E-state index contributed by atoms with van der Waals surface area (Å²) < 4.78 is 6.08. The minimum absolute atomic E-state index is 0.0102. The monoisotopic (exact) mass is 486 g/mol. The third kappa shape index (κ3) is 7.48. The van der Waals surface area contributed by atoms with Crippen LogP contribution in [0.5, 0.6) is 5.75 Å². The van der Waals surface area contributed by atoms with Gasteiger partial charge >= 0.3 is 0 Å². The standard InChI is InChI=1S/C31H47ClO2/c1-23(2)31(24(3)4,25(5)6)19-12-10-8-7-9-11-13-20-34-30-16-14-15-26-21-27(29(33)22-32)17-18-28(26)30/h14-18,21,23-25H,7-13,19-20,22H2,1-6H3. The first-order valence-corrected chi connectivity index (χ1v) is 14.0. The Morgan fingerprint density at radius 2 is 1.41 bits per heavy atom. The van der Waals surface area contributed by atoms with E-state index in [1.165, 1.54) is 44.9 Å². The summed E-state index contributed by atoms with van der Waals surface area (Å²) in [6, 6.07) is 11.7. The van der Waals surface area contributed by atoms with Crippen LogP contribution in [0.2, 0.25) is 0 Å². The molecule has 0 aliphatic rings. The summed E-state index contributed by atoms with van der Waals surface area (Å²) in [5, 5.41) is 2.07. The maximum atomic E-state index is 11.9. The number of alkyl halides is 1. The molecule has 0 saturated carbocycles. The summed E-state index contributed by atoms with van der Waals surface area (Å²) in [5.74, 6) is 3.08. The molecule has 190 valence electrons. The van der Waals surface area contributed by atoms with E-state index in [9.17, 15) is 4.79 Å². The number of carbonyl (C=O) groups excluding carboxylic acids is 1. The quantitative estimate of drug-likeness (QED) is 0.134. The molecular weight excluding hydrogens is 440 g/mol. The summed E-state index contributed by atoms with van der Waals surface area (Å²) >= 11 is 5.69. The summed E-state index contributed by atoms with van der Waals surface area (Å²) in [6.07, 6.45) is 10.3. The number of hydrogen-bond acceptors (Lipinski definition) is 2. The van der Waals surface area contributed by atoms with Crippen LogP contribution in [-0.4, -0.2) is 18.3 Å². The van der Waals surface area contributed by atoms with Crippen LogP contribution in [0.3, 0.4) is 0 Å². The zero-order chi connectivity index (χ0) is 25.1. The number of unbranched alkanes of at least 4 members (excludes halogenated alkanes) is 6. The van der Waals surface area contributed by atoms with Crippen LogP contribution in [0, 0.1) is 23.2 Å². The van der Waals surface area contributed by atoms with E-state index in [-0.39, 0.29) is 11.7 Å². The molecule has 0 radical (unpaired) electrons. The molecule has 2 rings (SSSR count). The van der Waals surface area contributed by atoms with Gasteiger partial charge in [-0.15, -0.1) is 11.6 Å². The molecule has 0 bridgehead atoms. The fraction of sp³-hybridized carbons (Fsp3) is 0.645. The Bertz CT molecular complexity index is 862. The molecule has 0 atom stereocenters. The second kappa shape index (κ2) is 14.1. The van der Waals surface area contributed by atoms with E-state index >= 15 is 0 Å². The van der Waals surface area contributed by atoms with E-state index in [2.05, 4.69) is 41.5 Å². The Hall–Kier alpha value is -1.54. The number of benzene rings is 2. The SMILES string of the molecule is CC(C)C(CCCCCCCCCOc1cccc2cc(C(=O)CCl)ccc12)(C(C)C)C(C)C. The van der Waals surface area contributed by atoms with Gasteiger partial charge in [-0.2, -0.15) is 0 Å². The molecule has 0 fully saturated rings. The number of halogens is 1. The molecule has 2 nitrogen and oxygen atoms in total. The van der Waals surface area contributed by atoms with Crippen LogP contribution in [0.15, 0.2) is 36.4 Å². The number of ether oxygens (including phenoxy) is 1. The molecule has 0 aliphatic carbocycles. The zero-order valence-corrected chi connectivity index (χ0v) is 23.2. The van der Waals surface area contributed by atoms with Crippen LogP contribution in [0.4, 0.5) is 0 Å². The first-order valence-electron chi connectivity index (χ1n) is 13.5. The van der Waals surface area contributed by atoms with Crippen molar-refractivity contribution in [3.63, 3.8) is 0 Å². The molecule has 0 aliphatic heterocycles. The highest BCUT2D eigenvalue weighted by molar-refractivity contribution is 6.30. The van der Waals surface area contributed by atoms with Gasteiger partial charge in [0, 0.05) is 10.9 Å². The average Bonchev–Trinajstić information content (AvgIpc) is 2.81. The molecular formula is C31H47ClO2. The molecule has 3 heteroatoms. The summed E-state index contributed by atoms with van der Waals surface area (Å²) in [4.78, 5) is 11.9. The normalized spacial score (nSPS) is 12.3. The van der Waals surface area contributed by atoms with Gasteiger partial charge in [-0.25, -0.2) is 0 Å². The van der Waals surface area contributed by atoms with Crippen LogP contribution in [-0.2, 0) is 0 Å². The van der Waals surface area contributed by atoms with Gasteiger partial charge in [0.2, 0.25) is 0 Å². The third-order valence-corrected chi connectivity index (χ3v) is 8.26. The second-order valence-corrected chi connectivity index (χ2v) is 11.2. The van der Waals surface area contributed by atoms with Crippen molar-refractivity contribution in [1.82, 2.24) is 0 Å². The van der Waals surface area contributed by atoms with Crippen LogP contribution in [0.25, 0.3) is 10.8 Å². The van der Waals surface area contributed by atoms with E-state index < -0.39 is 0 Å². The van der Waals surface area contributed by atoms with E-state index in [0.717, 1.165) is 47.3 Å². The van der Waals surface area contributed by atoms with Gasteiger partial charge in [-0.05, 0) is 59.6 Å². The van der Waals surface area contributed by atoms with Crippen molar-refractivity contribution in [2.24, 2.45) is 23.2 Å². The topological polar surface area (TPSA) is 26.3 Å². The van der Waals surface area contributed by atoms with E-state index in [0.29, 0.717) is 11.0 Å². The zero-order valence-electron chi connectivity index (χ0n) is 22.5. The highest BCUT2D eigenvalue weighted by atomic mass is 35.5. The second-order valence-electron chi connectivity index (χ2n) is 10.9. The number of ketones is 1. The molecule has 0 unspecified atom stereocenters. The minimum atomic E-state index is -0.0472. The fourth-order valence-electron chi connectivity index (χ4n) is 6.10. The summed E-state index contributed by atoms with van der Waals surface area (Å²) in [5.41, 5.74) is 1.13. The smallest absolute Gasteiger partial charge is 0.177 e. The summed E-state index contributed by atoms with van der Waals surface area (Å²) in [6.45, 7) is 15.2. The summed E-state index contributed by atoms with van der Waals surface area (Å²) in [7, 11) is 0. The number of rotatable bonds is 16. The minimum Gasteiger partial charge on any atom is -0.493 e. The van der Waals surface area contributed by atoms with Gasteiger partial charge in [0.25, 0.3) is 0 Å². The van der Waals surface area contributed by atoms with Crippen molar-refractivity contribution in [1.29, 1.82) is 0 Å². The predicted molar refractivity (Wildman–Crippen MR) is 148 cm³/mol. The molecule has 2 aromatic carbocycles. The van der Waals surface area contributed by atoms with Crippen LogP contribution < -0.4 is 4.74 Å². The molecule has 34 heavy (non-hydrogen) atoms. The Morgan fingerprint density at radius 1 is 0.824 bits per heavy atom. The fourth-order valence-corrected chi connectivity index (χ4v) is 6.25. The largest absolute Gasteiger partial charge is 0.493 e. The number of carbonyl (C=O) groups is 1. The van der Waals surface area contributed by atoms with Gasteiger partial charge in [-0.1, -0.05) is 98.3 Å². The molecule has 2 aromatic rings. The number of Topliss-reactive ketones (excluding diaryl/α,β-unsaturated/α-hetero) is 1. The lowest BCUT2D eigenvalue weighted by Gasteiger charge is -2.45. The highest BCUT2D eigenvalue weighted by Gasteiger charge is 2.39. The predicted octanol–water partition coefficient (Wildman–Crippen LogP) is 9.72. The van der Waals surface area contributed by atoms with Crippen molar-refractivity contribution >= 4 is 28.2 Å². The number of fused-ring (bicyclic) bond motifs is 1. The lowest BCUT2D eigenvalue weighted by atomic mass is 9.60. The molecule has 0 spiro atoms. The van der Waals surface area contributed by atoms with Crippen LogP contribution in [0.1, 0.15) is 103 Å². The van der Waals surface area contributed by atoms with Gasteiger partial charge in [-0.3, -0.25) is 4.79 Å². The van der Waals surface area contributed by atoms with Gasteiger partial charge in [0.1, 0.15) is 5.75 Å². The lowest BCUT2D eigenvalue weighted by molar-refractivity contribution is 0.0356. The van der Waals surface area contributed by atoms with Gasteiger partial charge < -0.3 is 4.74 Å². The van der Waals surface area contributed by atoms with Crippen molar-refractivity contribution in [3.05, 3.63) is 42.0 Å². The Morgan fingerprint density at radius 3 is 2.00 bits per heavy atom. The number of hydrogen-bond donors (Lipinski definition) is 0. The molecule has 0 aromatic heterocycles. The first-order chi connectivity index (χ1) is 16.2. The molecule has 0 saturated heterocycles. The van der Waals surface area contributed by atoms with Gasteiger partial charge in [0.15, 0.2) is 5.78 Å². The Balaban J connectivity index is 1.67. The molecule has 0 N–H and O–H groups in total.